The highest BCUT2D eigenvalue weighted by atomic mass is 32.1. The molecule has 0 bridgehead atoms. The van der Waals surface area contributed by atoms with Gasteiger partial charge in [-0.05, 0) is 44.7 Å². The zero-order valence-electron chi connectivity index (χ0n) is 13.1. The van der Waals surface area contributed by atoms with E-state index in [9.17, 15) is 4.79 Å². The summed E-state index contributed by atoms with van der Waals surface area (Å²) in [7, 11) is 0. The summed E-state index contributed by atoms with van der Waals surface area (Å²) in [4.78, 5) is 15.6. The van der Waals surface area contributed by atoms with E-state index in [0.29, 0.717) is 6.54 Å². The first-order valence-corrected chi connectivity index (χ1v) is 8.65. The van der Waals surface area contributed by atoms with E-state index >= 15 is 0 Å². The highest BCUT2D eigenvalue weighted by Crippen LogP contribution is 2.35. The van der Waals surface area contributed by atoms with Crippen LogP contribution in [0.4, 0.5) is 5.00 Å². The Kier molecular flexibility index (Phi) is 4.47. The van der Waals surface area contributed by atoms with Crippen LogP contribution in [0.2, 0.25) is 0 Å². The number of aryl methyl sites for hydroxylation is 2. The molecular formula is C16H22N4OS. The monoisotopic (exact) mass is 318 g/mol. The lowest BCUT2D eigenvalue weighted by atomic mass is 10.1. The van der Waals surface area contributed by atoms with Crippen LogP contribution in [-0.2, 0) is 13.0 Å². The van der Waals surface area contributed by atoms with E-state index in [4.69, 9.17) is 0 Å². The second-order valence-electron chi connectivity index (χ2n) is 5.68. The van der Waals surface area contributed by atoms with Gasteiger partial charge in [0, 0.05) is 30.9 Å². The fourth-order valence-electron chi connectivity index (χ4n) is 2.82. The number of aromatic amines is 1. The molecule has 0 radical (unpaired) electrons. The Morgan fingerprint density at radius 2 is 2.36 bits per heavy atom. The molecule has 22 heavy (non-hydrogen) atoms. The number of hydrogen-bond donors (Lipinski definition) is 2. The first-order valence-electron chi connectivity index (χ1n) is 7.83. The Labute approximate surface area is 134 Å². The number of hydrogen-bond acceptors (Lipinski definition) is 4. The van der Waals surface area contributed by atoms with E-state index < -0.39 is 0 Å². The highest BCUT2D eigenvalue weighted by molar-refractivity contribution is 7.18. The Bertz CT molecular complexity index is 661. The van der Waals surface area contributed by atoms with Gasteiger partial charge in [-0.3, -0.25) is 9.89 Å². The number of anilines is 1. The Morgan fingerprint density at radius 1 is 1.50 bits per heavy atom. The Balaban J connectivity index is 1.72. The molecule has 0 saturated heterocycles. The van der Waals surface area contributed by atoms with E-state index in [1.54, 1.807) is 17.5 Å². The molecule has 2 aromatic rings. The van der Waals surface area contributed by atoms with Crippen molar-refractivity contribution in [2.24, 2.45) is 0 Å². The third-order valence-corrected chi connectivity index (χ3v) is 5.41. The topological polar surface area (TPSA) is 61.0 Å². The van der Waals surface area contributed by atoms with Crippen LogP contribution in [0.1, 0.15) is 46.3 Å². The summed E-state index contributed by atoms with van der Waals surface area (Å²) >= 11 is 1.62. The van der Waals surface area contributed by atoms with Crippen molar-refractivity contribution in [2.75, 3.05) is 18.0 Å². The zero-order chi connectivity index (χ0) is 15.5. The minimum Gasteiger partial charge on any atom is -0.363 e. The van der Waals surface area contributed by atoms with Crippen LogP contribution in [0, 0.1) is 6.92 Å². The lowest BCUT2D eigenvalue weighted by Gasteiger charge is -2.19. The summed E-state index contributed by atoms with van der Waals surface area (Å²) in [5, 5.41) is 11.1. The molecule has 1 aliphatic rings. The first kappa shape index (κ1) is 15.1. The summed E-state index contributed by atoms with van der Waals surface area (Å²) in [6, 6.07) is 2.07. The average molecular weight is 318 g/mol. The number of thiophene rings is 1. The van der Waals surface area contributed by atoms with E-state index in [1.807, 2.05) is 6.92 Å². The fraction of sp³-hybridized carbons (Fsp3) is 0.500. The van der Waals surface area contributed by atoms with Crippen molar-refractivity contribution in [1.82, 2.24) is 15.5 Å². The number of nitrogens with zero attached hydrogens (tertiary/aromatic N) is 2. The summed E-state index contributed by atoms with van der Waals surface area (Å²) in [5.41, 5.74) is 3.36. The van der Waals surface area contributed by atoms with Crippen molar-refractivity contribution in [1.29, 1.82) is 0 Å². The van der Waals surface area contributed by atoms with Crippen molar-refractivity contribution in [3.05, 3.63) is 34.0 Å². The van der Waals surface area contributed by atoms with Gasteiger partial charge in [0.1, 0.15) is 0 Å². The van der Waals surface area contributed by atoms with E-state index in [2.05, 4.69) is 33.4 Å². The number of aromatic nitrogens is 2. The van der Waals surface area contributed by atoms with Crippen LogP contribution in [0.5, 0.6) is 0 Å². The van der Waals surface area contributed by atoms with Gasteiger partial charge in [-0.2, -0.15) is 5.10 Å². The summed E-state index contributed by atoms with van der Waals surface area (Å²) < 4.78 is 0. The molecule has 3 heterocycles. The zero-order valence-corrected chi connectivity index (χ0v) is 13.9. The lowest BCUT2D eigenvalue weighted by Crippen LogP contribution is -2.23. The minimum absolute atomic E-state index is 0.00901. The molecule has 6 heteroatoms. The predicted molar refractivity (Wildman–Crippen MR) is 89.6 cm³/mol. The van der Waals surface area contributed by atoms with Gasteiger partial charge in [-0.15, -0.1) is 11.3 Å². The maximum Gasteiger partial charge on any atom is 0.261 e. The number of amides is 1. The van der Waals surface area contributed by atoms with E-state index in [-0.39, 0.29) is 5.91 Å². The summed E-state index contributed by atoms with van der Waals surface area (Å²) in [6.07, 6.45) is 5.28. The molecule has 5 nitrogen and oxygen atoms in total. The van der Waals surface area contributed by atoms with Crippen LogP contribution in [0.25, 0.3) is 0 Å². The number of carbonyl (C=O) groups is 1. The third kappa shape index (κ3) is 3.02. The standard InChI is InChI=1S/C16H22N4OS/c1-3-20-7-5-4-6-12-8-14(22-16(12)20)15(21)17-9-13-10-18-19-11(13)2/h8,10H,3-7,9H2,1-2H3,(H,17,21)(H,18,19). The van der Waals surface area contributed by atoms with Gasteiger partial charge in [0.05, 0.1) is 16.1 Å². The molecule has 0 unspecified atom stereocenters. The van der Waals surface area contributed by atoms with Gasteiger partial charge < -0.3 is 10.2 Å². The normalized spacial score (nSPS) is 14.5. The quantitative estimate of drug-likeness (QED) is 0.911. The SMILES string of the molecule is CCN1CCCCc2cc(C(=O)NCc3cn[nH]c3C)sc21. The molecule has 0 saturated carbocycles. The molecule has 0 spiro atoms. The third-order valence-electron chi connectivity index (χ3n) is 4.18. The van der Waals surface area contributed by atoms with Gasteiger partial charge in [-0.1, -0.05) is 0 Å². The number of fused-ring (bicyclic) bond motifs is 1. The van der Waals surface area contributed by atoms with Gasteiger partial charge in [-0.25, -0.2) is 0 Å². The molecule has 1 aliphatic heterocycles. The number of carbonyl (C=O) groups excluding carboxylic acids is 1. The molecular weight excluding hydrogens is 296 g/mol. The summed E-state index contributed by atoms with van der Waals surface area (Å²) in [5.74, 6) is 0.00901. The van der Waals surface area contributed by atoms with Crippen LogP contribution >= 0.6 is 11.3 Å². The summed E-state index contributed by atoms with van der Waals surface area (Å²) in [6.45, 7) is 6.75. The van der Waals surface area contributed by atoms with Crippen molar-refractivity contribution in [2.45, 2.75) is 39.7 Å². The molecule has 0 fully saturated rings. The molecule has 1 amide bonds. The van der Waals surface area contributed by atoms with Crippen LogP contribution in [-0.4, -0.2) is 29.2 Å². The smallest absolute Gasteiger partial charge is 0.261 e. The lowest BCUT2D eigenvalue weighted by molar-refractivity contribution is 0.0955. The maximum atomic E-state index is 12.4. The predicted octanol–water partition coefficient (Wildman–Crippen LogP) is 2.87. The van der Waals surface area contributed by atoms with E-state index in [0.717, 1.165) is 35.6 Å². The van der Waals surface area contributed by atoms with Crippen molar-refractivity contribution in [3.8, 4) is 0 Å². The van der Waals surface area contributed by atoms with Crippen molar-refractivity contribution < 1.29 is 4.79 Å². The second kappa shape index (κ2) is 6.52. The van der Waals surface area contributed by atoms with Gasteiger partial charge in [0.2, 0.25) is 0 Å². The van der Waals surface area contributed by atoms with Crippen LogP contribution in [0.3, 0.4) is 0 Å². The van der Waals surface area contributed by atoms with E-state index in [1.165, 1.54) is 23.4 Å². The molecule has 0 aromatic carbocycles. The van der Waals surface area contributed by atoms with Crippen LogP contribution < -0.4 is 10.2 Å². The van der Waals surface area contributed by atoms with Gasteiger partial charge >= 0.3 is 0 Å². The second-order valence-corrected chi connectivity index (χ2v) is 6.71. The van der Waals surface area contributed by atoms with Crippen molar-refractivity contribution in [3.63, 3.8) is 0 Å². The molecule has 3 rings (SSSR count). The number of nitrogens with one attached hydrogen (secondary N) is 2. The fourth-order valence-corrected chi connectivity index (χ4v) is 4.03. The van der Waals surface area contributed by atoms with Crippen molar-refractivity contribution >= 4 is 22.2 Å². The maximum absolute atomic E-state index is 12.4. The first-order chi connectivity index (χ1) is 10.7. The molecule has 0 atom stereocenters. The number of H-pyrrole nitrogens is 1. The Morgan fingerprint density at radius 3 is 3.09 bits per heavy atom. The largest absolute Gasteiger partial charge is 0.363 e. The Hall–Kier alpha value is -1.82. The highest BCUT2D eigenvalue weighted by Gasteiger charge is 2.20. The number of rotatable bonds is 4. The van der Waals surface area contributed by atoms with Gasteiger partial charge in [0.15, 0.2) is 0 Å². The van der Waals surface area contributed by atoms with Crippen LogP contribution in [0.15, 0.2) is 12.3 Å². The molecule has 2 aromatic heterocycles. The molecule has 0 aliphatic carbocycles. The molecule has 118 valence electrons. The molecule has 2 N–H and O–H groups in total. The minimum atomic E-state index is 0.00901. The average Bonchev–Trinajstić information content (AvgIpc) is 3.07. The van der Waals surface area contributed by atoms with Gasteiger partial charge in [0.25, 0.3) is 5.91 Å².